The minimum absolute atomic E-state index is 0.0261. The van der Waals surface area contributed by atoms with Crippen molar-refractivity contribution in [2.24, 2.45) is 0 Å². The van der Waals surface area contributed by atoms with Crippen LogP contribution in [0.3, 0.4) is 0 Å². The summed E-state index contributed by atoms with van der Waals surface area (Å²) in [5.74, 6) is 0.0442. The molecule has 1 saturated heterocycles. The van der Waals surface area contributed by atoms with Gasteiger partial charge >= 0.3 is 5.97 Å². The first-order chi connectivity index (χ1) is 7.14. The number of carbonyl (C=O) groups excluding carboxylic acids is 1. The van der Waals surface area contributed by atoms with Gasteiger partial charge in [0.15, 0.2) is 0 Å². The van der Waals surface area contributed by atoms with Gasteiger partial charge in [-0.1, -0.05) is 0 Å². The molecule has 0 aromatic carbocycles. The van der Waals surface area contributed by atoms with Crippen LogP contribution >= 0.6 is 11.8 Å². The van der Waals surface area contributed by atoms with Crippen LogP contribution in [0.5, 0.6) is 0 Å². The third-order valence-corrected chi connectivity index (χ3v) is 4.58. The molecule has 0 radical (unpaired) electrons. The number of nitrogens with one attached hydrogen (secondary N) is 1. The Morgan fingerprint density at radius 1 is 1.33 bits per heavy atom. The molecular weight excluding hydrogens is 214 g/mol. The van der Waals surface area contributed by atoms with Crippen molar-refractivity contribution in [3.05, 3.63) is 0 Å². The molecule has 2 fully saturated rings. The number of aliphatic carboxylic acids is 1. The molecule has 84 valence electrons. The van der Waals surface area contributed by atoms with Crippen LogP contribution in [-0.4, -0.2) is 33.5 Å². The van der Waals surface area contributed by atoms with Crippen molar-refractivity contribution in [2.75, 3.05) is 5.75 Å². The van der Waals surface area contributed by atoms with Crippen LogP contribution < -0.4 is 5.32 Å². The summed E-state index contributed by atoms with van der Waals surface area (Å²) in [6.45, 7) is 0. The summed E-state index contributed by atoms with van der Waals surface area (Å²) in [6, 6.07) is 0. The number of carbonyl (C=O) groups is 2. The van der Waals surface area contributed by atoms with E-state index in [1.807, 2.05) is 0 Å². The van der Waals surface area contributed by atoms with E-state index in [2.05, 4.69) is 5.32 Å². The normalized spacial score (nSPS) is 28.1. The van der Waals surface area contributed by atoms with Crippen molar-refractivity contribution in [2.45, 2.75) is 42.9 Å². The highest BCUT2D eigenvalue weighted by molar-refractivity contribution is 8.00. The van der Waals surface area contributed by atoms with Gasteiger partial charge in [0.25, 0.3) is 0 Å². The molecule has 1 unspecified atom stereocenters. The van der Waals surface area contributed by atoms with Gasteiger partial charge in [0.2, 0.25) is 5.91 Å². The molecule has 0 spiro atoms. The van der Waals surface area contributed by atoms with Crippen molar-refractivity contribution in [1.82, 2.24) is 5.32 Å². The highest BCUT2D eigenvalue weighted by Gasteiger charge is 2.46. The number of rotatable bonds is 3. The second-order valence-corrected chi connectivity index (χ2v) is 5.54. The lowest BCUT2D eigenvalue weighted by Crippen LogP contribution is -2.60. The van der Waals surface area contributed by atoms with Crippen molar-refractivity contribution in [3.8, 4) is 0 Å². The Labute approximate surface area is 92.8 Å². The monoisotopic (exact) mass is 229 g/mol. The molecule has 1 amide bonds. The lowest BCUT2D eigenvalue weighted by Gasteiger charge is -2.38. The first-order valence-electron chi connectivity index (χ1n) is 5.31. The van der Waals surface area contributed by atoms with Gasteiger partial charge in [-0.3, -0.25) is 4.79 Å². The van der Waals surface area contributed by atoms with Crippen LogP contribution in [0.1, 0.15) is 32.1 Å². The van der Waals surface area contributed by atoms with Crippen LogP contribution in [0.15, 0.2) is 0 Å². The van der Waals surface area contributed by atoms with E-state index < -0.39 is 11.5 Å². The zero-order valence-corrected chi connectivity index (χ0v) is 9.31. The Kier molecular flexibility index (Phi) is 2.91. The molecule has 1 aliphatic carbocycles. The lowest BCUT2D eigenvalue weighted by molar-refractivity contribution is -0.151. The van der Waals surface area contributed by atoms with E-state index in [0.717, 1.165) is 25.0 Å². The SMILES string of the molecule is O=C(NC1(C(=O)O)CCC1)C1CCCS1. The molecule has 1 aliphatic heterocycles. The van der Waals surface area contributed by atoms with E-state index in [1.54, 1.807) is 11.8 Å². The van der Waals surface area contributed by atoms with Gasteiger partial charge < -0.3 is 10.4 Å². The Balaban J connectivity index is 1.94. The summed E-state index contributed by atoms with van der Waals surface area (Å²) in [6.07, 6.45) is 3.98. The molecule has 4 nitrogen and oxygen atoms in total. The van der Waals surface area contributed by atoms with Crippen LogP contribution in [0.25, 0.3) is 0 Å². The highest BCUT2D eigenvalue weighted by atomic mass is 32.2. The van der Waals surface area contributed by atoms with E-state index in [4.69, 9.17) is 5.11 Å². The van der Waals surface area contributed by atoms with E-state index in [0.29, 0.717) is 12.8 Å². The van der Waals surface area contributed by atoms with Crippen molar-refractivity contribution >= 4 is 23.6 Å². The topological polar surface area (TPSA) is 66.4 Å². The quantitative estimate of drug-likeness (QED) is 0.758. The van der Waals surface area contributed by atoms with Crippen LogP contribution in [-0.2, 0) is 9.59 Å². The first-order valence-corrected chi connectivity index (χ1v) is 6.36. The van der Waals surface area contributed by atoms with Crippen LogP contribution in [0.4, 0.5) is 0 Å². The Morgan fingerprint density at radius 3 is 2.47 bits per heavy atom. The zero-order chi connectivity index (χ0) is 10.9. The summed E-state index contributed by atoms with van der Waals surface area (Å²) < 4.78 is 0. The number of thioether (sulfide) groups is 1. The van der Waals surface area contributed by atoms with Crippen molar-refractivity contribution < 1.29 is 14.7 Å². The van der Waals surface area contributed by atoms with Crippen LogP contribution in [0, 0.1) is 0 Å². The zero-order valence-electron chi connectivity index (χ0n) is 8.49. The molecule has 5 heteroatoms. The molecule has 2 aliphatic rings. The molecule has 0 bridgehead atoms. The van der Waals surface area contributed by atoms with Gasteiger partial charge in [-0.2, -0.15) is 0 Å². The van der Waals surface area contributed by atoms with E-state index in [-0.39, 0.29) is 11.2 Å². The smallest absolute Gasteiger partial charge is 0.329 e. The molecule has 1 saturated carbocycles. The number of amides is 1. The van der Waals surface area contributed by atoms with Gasteiger partial charge in [0, 0.05) is 0 Å². The number of hydrogen-bond donors (Lipinski definition) is 2. The minimum Gasteiger partial charge on any atom is -0.480 e. The van der Waals surface area contributed by atoms with Crippen molar-refractivity contribution in [1.29, 1.82) is 0 Å². The third-order valence-electron chi connectivity index (χ3n) is 3.20. The molecule has 2 N–H and O–H groups in total. The molecular formula is C10H15NO3S. The fourth-order valence-electron chi connectivity index (χ4n) is 2.02. The molecule has 0 aromatic heterocycles. The number of hydrogen-bond acceptors (Lipinski definition) is 3. The standard InChI is InChI=1S/C10H15NO3S/c12-8(7-3-1-6-15-7)11-10(9(13)14)4-2-5-10/h7H,1-6H2,(H,11,12)(H,13,14). The van der Waals surface area contributed by atoms with Gasteiger partial charge in [0.1, 0.15) is 5.54 Å². The average Bonchev–Trinajstić information content (AvgIpc) is 2.62. The van der Waals surface area contributed by atoms with Crippen molar-refractivity contribution in [3.63, 3.8) is 0 Å². The lowest BCUT2D eigenvalue weighted by atomic mass is 9.76. The van der Waals surface area contributed by atoms with Gasteiger partial charge in [0.05, 0.1) is 5.25 Å². The minimum atomic E-state index is -0.944. The maximum atomic E-state index is 11.8. The molecule has 2 rings (SSSR count). The molecule has 1 heterocycles. The predicted octanol–water partition coefficient (Wildman–Crippen LogP) is 1.01. The Hall–Kier alpha value is -0.710. The second-order valence-electron chi connectivity index (χ2n) is 4.23. The maximum absolute atomic E-state index is 11.8. The summed E-state index contributed by atoms with van der Waals surface area (Å²) in [4.78, 5) is 22.8. The fraction of sp³-hybridized carbons (Fsp3) is 0.800. The summed E-state index contributed by atoms with van der Waals surface area (Å²) in [5, 5.41) is 11.7. The Bertz CT molecular complexity index is 282. The molecule has 1 atom stereocenters. The molecule has 0 aromatic rings. The second kappa shape index (κ2) is 4.04. The fourth-order valence-corrected chi connectivity index (χ4v) is 3.18. The third kappa shape index (κ3) is 1.97. The van der Waals surface area contributed by atoms with Gasteiger partial charge in [-0.05, 0) is 37.9 Å². The van der Waals surface area contributed by atoms with E-state index in [1.165, 1.54) is 0 Å². The average molecular weight is 229 g/mol. The summed E-state index contributed by atoms with van der Waals surface area (Å²) in [5.41, 5.74) is -0.944. The van der Waals surface area contributed by atoms with E-state index in [9.17, 15) is 9.59 Å². The Morgan fingerprint density at radius 2 is 2.07 bits per heavy atom. The number of carboxylic acid groups (broad SMARTS) is 1. The van der Waals surface area contributed by atoms with Gasteiger partial charge in [-0.15, -0.1) is 11.8 Å². The number of carboxylic acids is 1. The predicted molar refractivity (Wildman–Crippen MR) is 57.8 cm³/mol. The van der Waals surface area contributed by atoms with Crippen LogP contribution in [0.2, 0.25) is 0 Å². The maximum Gasteiger partial charge on any atom is 0.329 e. The molecule has 15 heavy (non-hydrogen) atoms. The van der Waals surface area contributed by atoms with E-state index >= 15 is 0 Å². The summed E-state index contributed by atoms with van der Waals surface area (Å²) in [7, 11) is 0. The summed E-state index contributed by atoms with van der Waals surface area (Å²) >= 11 is 1.63. The highest BCUT2D eigenvalue weighted by Crippen LogP contribution is 2.34. The largest absolute Gasteiger partial charge is 0.480 e. The first kappa shape index (κ1) is 10.8. The van der Waals surface area contributed by atoms with Gasteiger partial charge in [-0.25, -0.2) is 4.79 Å².